The molecule has 0 spiro atoms. The van der Waals surface area contributed by atoms with Gasteiger partial charge in [-0.25, -0.2) is 0 Å². The molecule has 0 heterocycles. The average Bonchev–Trinajstić information content (AvgIpc) is 3.41. The van der Waals surface area contributed by atoms with Crippen LogP contribution in [0.3, 0.4) is 0 Å². The van der Waals surface area contributed by atoms with Crippen molar-refractivity contribution in [1.82, 2.24) is 0 Å². The van der Waals surface area contributed by atoms with E-state index in [0.29, 0.717) is 38.3 Å². The van der Waals surface area contributed by atoms with Crippen LogP contribution in [0.25, 0.3) is 6.08 Å². The third kappa shape index (κ3) is 15.6. The van der Waals surface area contributed by atoms with E-state index in [1.165, 1.54) is 93.3 Å². The van der Waals surface area contributed by atoms with Crippen LogP contribution in [0.4, 0.5) is 0 Å². The molecule has 5 aromatic carbocycles. The summed E-state index contributed by atoms with van der Waals surface area (Å²) in [7, 11) is 0. The first-order chi connectivity index (χ1) is 34.8. The highest BCUT2D eigenvalue weighted by Crippen LogP contribution is 2.39. The average molecular weight is 957 g/mol. The van der Waals surface area contributed by atoms with Gasteiger partial charge < -0.3 is 23.7 Å². The van der Waals surface area contributed by atoms with Gasteiger partial charge in [0.2, 0.25) is 0 Å². The lowest BCUT2D eigenvalue weighted by Crippen LogP contribution is -2.34. The molecular weight excluding hydrogens is 873 g/mol. The van der Waals surface area contributed by atoms with Crippen molar-refractivity contribution in [2.75, 3.05) is 6.61 Å². The lowest BCUT2D eigenvalue weighted by atomic mass is 9.80. The Kier molecular flexibility index (Phi) is 19.8. The molecule has 0 N–H and O–H groups in total. The maximum atomic E-state index is 7.27. The predicted octanol–water partition coefficient (Wildman–Crippen LogP) is 15.9. The maximum absolute atomic E-state index is 7.27. The summed E-state index contributed by atoms with van der Waals surface area (Å²) < 4.78 is 34.6. The molecule has 3 aliphatic rings. The first-order valence-corrected chi connectivity index (χ1v) is 27.6. The fraction of sp³-hybridized carbons (Fsp3) is 0.485. The minimum Gasteiger partial charge on any atom is -0.493 e. The Balaban J connectivity index is 1.05. The maximum Gasteiger partial charge on any atom is 0.126 e. The topological polar surface area (TPSA) is 46.2 Å². The molecule has 2 saturated carbocycles. The molecule has 4 unspecified atom stereocenters. The van der Waals surface area contributed by atoms with E-state index in [0.717, 1.165) is 88.0 Å². The largest absolute Gasteiger partial charge is 0.493 e. The minimum atomic E-state index is -0.0746. The molecule has 0 aromatic heterocycles. The van der Waals surface area contributed by atoms with E-state index in [1.807, 2.05) is 6.08 Å². The van der Waals surface area contributed by atoms with E-state index < -0.39 is 0 Å². The zero-order valence-corrected chi connectivity index (χ0v) is 44.0. The van der Waals surface area contributed by atoms with Crippen LogP contribution >= 0.6 is 0 Å². The zero-order chi connectivity index (χ0) is 49.4. The number of hydrogen-bond acceptors (Lipinski definition) is 5. The van der Waals surface area contributed by atoms with Gasteiger partial charge in [0.25, 0.3) is 0 Å². The van der Waals surface area contributed by atoms with Crippen molar-refractivity contribution in [2.24, 2.45) is 17.8 Å². The first kappa shape index (κ1) is 52.5. The van der Waals surface area contributed by atoms with Gasteiger partial charge in [-0.1, -0.05) is 180 Å². The van der Waals surface area contributed by atoms with Crippen molar-refractivity contribution in [1.29, 1.82) is 0 Å². The monoisotopic (exact) mass is 957 g/mol. The first-order valence-electron chi connectivity index (χ1n) is 27.6. The van der Waals surface area contributed by atoms with Gasteiger partial charge in [0.15, 0.2) is 0 Å². The molecule has 0 saturated heterocycles. The summed E-state index contributed by atoms with van der Waals surface area (Å²) in [6, 6.07) is 40.2. The quantitative estimate of drug-likeness (QED) is 0.0577. The molecule has 71 heavy (non-hydrogen) atoms. The Morgan fingerprint density at radius 3 is 1.48 bits per heavy atom. The highest BCUT2D eigenvalue weighted by molar-refractivity contribution is 5.48. The lowest BCUT2D eigenvalue weighted by Gasteiger charge is -2.36. The third-order valence-electron chi connectivity index (χ3n) is 16.0. The van der Waals surface area contributed by atoms with E-state index in [9.17, 15) is 0 Å². The number of ether oxygens (including phenoxy) is 5. The summed E-state index contributed by atoms with van der Waals surface area (Å²) >= 11 is 0. The van der Waals surface area contributed by atoms with Gasteiger partial charge in [-0.3, -0.25) is 0 Å². The molecule has 2 fully saturated rings. The van der Waals surface area contributed by atoms with Crippen LogP contribution in [0, 0.1) is 24.7 Å². The molecule has 0 bridgehead atoms. The van der Waals surface area contributed by atoms with Gasteiger partial charge in [0, 0.05) is 6.42 Å². The summed E-state index contributed by atoms with van der Waals surface area (Å²) in [5, 5.41) is 0. The van der Waals surface area contributed by atoms with Gasteiger partial charge in [0.05, 0.1) is 57.5 Å². The van der Waals surface area contributed by atoms with E-state index in [4.69, 9.17) is 23.7 Å². The number of rotatable bonds is 24. The molecule has 8 rings (SSSR count). The van der Waals surface area contributed by atoms with Crippen LogP contribution in [0.2, 0.25) is 0 Å². The van der Waals surface area contributed by atoms with Crippen LogP contribution in [0.5, 0.6) is 5.75 Å². The normalized spacial score (nSPS) is 22.5. The molecule has 0 aliphatic heterocycles. The van der Waals surface area contributed by atoms with Gasteiger partial charge in [-0.05, 0) is 157 Å². The molecule has 4 atom stereocenters. The molecule has 3 aliphatic carbocycles. The zero-order valence-electron chi connectivity index (χ0n) is 44.0. The molecular formula is C66H84O5. The van der Waals surface area contributed by atoms with Crippen LogP contribution < -0.4 is 4.74 Å². The van der Waals surface area contributed by atoms with Crippen LogP contribution in [0.15, 0.2) is 127 Å². The van der Waals surface area contributed by atoms with E-state index >= 15 is 0 Å². The van der Waals surface area contributed by atoms with Crippen molar-refractivity contribution < 1.29 is 23.7 Å². The summed E-state index contributed by atoms with van der Waals surface area (Å²) in [5.41, 5.74) is 15.2. The highest BCUT2D eigenvalue weighted by Gasteiger charge is 2.33. The molecule has 5 nitrogen and oxygen atoms in total. The fourth-order valence-electron chi connectivity index (χ4n) is 11.3. The number of aryl methyl sites for hydroxylation is 4. The van der Waals surface area contributed by atoms with Crippen molar-refractivity contribution >= 4 is 6.08 Å². The second kappa shape index (κ2) is 26.8. The number of benzene rings is 5. The summed E-state index contributed by atoms with van der Waals surface area (Å²) in [4.78, 5) is 0. The second-order valence-electron chi connectivity index (χ2n) is 21.3. The SMILES string of the molecule is C=Cc1ccc(COC2CC=C(Cc3cc(C)cc(CC4CC(OCc5ccc(CC)cc5)CC(OCc5ccc(CC)cc5)C4)c3OCC3CCC(CC)CC3)C(OCc3ccc(CC)cc3)C2)cc1. The van der Waals surface area contributed by atoms with E-state index in [-0.39, 0.29) is 24.4 Å². The van der Waals surface area contributed by atoms with Crippen molar-refractivity contribution in [3.05, 3.63) is 189 Å². The van der Waals surface area contributed by atoms with Crippen molar-refractivity contribution in [3.8, 4) is 5.75 Å². The fourth-order valence-corrected chi connectivity index (χ4v) is 11.3. The summed E-state index contributed by atoms with van der Waals surface area (Å²) in [5.74, 6) is 2.91. The minimum absolute atomic E-state index is 0.0652. The molecule has 0 radical (unpaired) electrons. The molecule has 5 heteroatoms. The van der Waals surface area contributed by atoms with Gasteiger partial charge >= 0.3 is 0 Å². The summed E-state index contributed by atoms with van der Waals surface area (Å²) in [6.07, 6.45) is 20.3. The van der Waals surface area contributed by atoms with E-state index in [1.54, 1.807) is 0 Å². The Labute approximate surface area is 428 Å². The molecule has 378 valence electrons. The van der Waals surface area contributed by atoms with Crippen LogP contribution in [-0.2, 0) is 77.5 Å². The van der Waals surface area contributed by atoms with Crippen molar-refractivity contribution in [3.63, 3.8) is 0 Å². The highest BCUT2D eigenvalue weighted by atomic mass is 16.5. The third-order valence-corrected chi connectivity index (χ3v) is 16.0. The molecule has 0 amide bonds. The smallest absolute Gasteiger partial charge is 0.126 e. The van der Waals surface area contributed by atoms with Gasteiger partial charge in [-0.15, -0.1) is 0 Å². The standard InChI is InChI=1S/C66H84O5/c1-7-48-12-22-53(23-13-48)42-67-62-33-32-59(65(41-62)70-45-56-28-18-51(10-4)19-29-56)39-61-35-47(6)34-60(66(61)71-46-57-30-20-52(11-5)21-31-57)36-58-37-63(68-43-54-24-14-49(8-2)15-25-54)40-64(38-58)69-44-55-26-16-50(9-3)17-27-55/h7,12-19,22-29,32,34-35,52,57-58,62-65H,1,8-11,20-21,30-31,33,36-46H2,2-6H3. The lowest BCUT2D eigenvalue weighted by molar-refractivity contribution is -0.0715. The summed E-state index contributed by atoms with van der Waals surface area (Å²) in [6.45, 7) is 18.3. The van der Waals surface area contributed by atoms with Gasteiger partial charge in [0.1, 0.15) is 5.75 Å². The van der Waals surface area contributed by atoms with Gasteiger partial charge in [-0.2, -0.15) is 0 Å². The number of hydrogen-bond donors (Lipinski definition) is 0. The Bertz CT molecular complexity index is 2350. The predicted molar refractivity (Wildman–Crippen MR) is 293 cm³/mol. The molecule has 5 aromatic rings. The Morgan fingerprint density at radius 2 is 0.972 bits per heavy atom. The second-order valence-corrected chi connectivity index (χ2v) is 21.3. The van der Waals surface area contributed by atoms with E-state index in [2.05, 4.69) is 156 Å². The van der Waals surface area contributed by atoms with Crippen LogP contribution in [0.1, 0.15) is 153 Å². The Morgan fingerprint density at radius 1 is 0.507 bits per heavy atom. The van der Waals surface area contributed by atoms with Crippen molar-refractivity contribution in [2.45, 2.75) is 182 Å². The Hall–Kier alpha value is -4.78. The van der Waals surface area contributed by atoms with Crippen LogP contribution in [-0.4, -0.2) is 31.0 Å².